The van der Waals surface area contributed by atoms with Crippen molar-refractivity contribution in [3.63, 3.8) is 0 Å². The molecule has 1 aromatic heterocycles. The number of nitrogens with zero attached hydrogens (tertiary/aromatic N) is 1. The topological polar surface area (TPSA) is 112 Å². The molecule has 11 heteroatoms. The molecule has 0 saturated carbocycles. The maximum Gasteiger partial charge on any atom is 0.430 e. The van der Waals surface area contributed by atoms with Gasteiger partial charge in [-0.15, -0.1) is 11.3 Å². The van der Waals surface area contributed by atoms with Crippen LogP contribution in [0.2, 0.25) is 0 Å². The van der Waals surface area contributed by atoms with Gasteiger partial charge in [0.15, 0.2) is 0 Å². The number of nitrogens with two attached hydrogens (primary N) is 2. The summed E-state index contributed by atoms with van der Waals surface area (Å²) in [7, 11) is 0. The van der Waals surface area contributed by atoms with E-state index in [1.807, 2.05) is 12.3 Å². The smallest absolute Gasteiger partial charge is 0.430 e. The third-order valence-corrected chi connectivity index (χ3v) is 6.62. The van der Waals surface area contributed by atoms with E-state index >= 15 is 0 Å². The number of nitrogens with one attached hydrogen (secondary N) is 1. The van der Waals surface area contributed by atoms with Crippen LogP contribution in [0.25, 0.3) is 10.6 Å². The van der Waals surface area contributed by atoms with Crippen LogP contribution in [0.5, 0.6) is 5.75 Å². The number of hydrogen-bond acceptors (Lipinski definition) is 7. The minimum absolute atomic E-state index is 0.0147. The van der Waals surface area contributed by atoms with Crippen LogP contribution in [-0.4, -0.2) is 43.4 Å². The van der Waals surface area contributed by atoms with E-state index in [2.05, 4.69) is 24.1 Å². The molecule has 7 nitrogen and oxygen atoms in total. The Labute approximate surface area is 206 Å². The lowest BCUT2D eigenvalue weighted by molar-refractivity contribution is -0.0926. The molecule has 35 heavy (non-hydrogen) atoms. The van der Waals surface area contributed by atoms with Gasteiger partial charge in [0.05, 0.1) is 19.8 Å². The van der Waals surface area contributed by atoms with Crippen molar-refractivity contribution in [2.24, 2.45) is 17.4 Å². The molecule has 1 unspecified atom stereocenters. The molecule has 1 saturated heterocycles. The van der Waals surface area contributed by atoms with E-state index in [0.29, 0.717) is 43.1 Å². The zero-order valence-corrected chi connectivity index (χ0v) is 20.3. The van der Waals surface area contributed by atoms with Crippen molar-refractivity contribution in [1.82, 2.24) is 10.3 Å². The average molecular weight is 511 g/mol. The molecule has 0 bridgehead atoms. The number of hydrogen-bond donors (Lipinski definition) is 3. The van der Waals surface area contributed by atoms with Gasteiger partial charge in [-0.25, -0.2) is 4.98 Å². The summed E-state index contributed by atoms with van der Waals surface area (Å²) in [6, 6.07) is 5.16. The second kappa shape index (κ2) is 11.6. The number of ether oxygens (including phenoxy) is 2. The molecule has 1 atom stereocenters. The molecule has 1 fully saturated rings. The minimum atomic E-state index is -4.65. The molecule has 2 aromatic rings. The van der Waals surface area contributed by atoms with E-state index in [4.69, 9.17) is 20.9 Å². The normalized spacial score (nSPS) is 17.1. The van der Waals surface area contributed by atoms with Crippen LogP contribution in [0.3, 0.4) is 0 Å². The summed E-state index contributed by atoms with van der Waals surface area (Å²) in [5, 5.41) is 3.37. The molecule has 1 amide bonds. The number of halogens is 3. The lowest BCUT2D eigenvalue weighted by Gasteiger charge is -2.13. The Kier molecular flexibility index (Phi) is 8.79. The monoisotopic (exact) mass is 510 g/mol. The van der Waals surface area contributed by atoms with Crippen LogP contribution >= 0.6 is 11.3 Å². The average Bonchev–Trinajstić information content (AvgIpc) is 3.51. The summed E-state index contributed by atoms with van der Waals surface area (Å²) in [4.78, 5) is 18.5. The quantitative estimate of drug-likeness (QED) is 0.433. The summed E-state index contributed by atoms with van der Waals surface area (Å²) in [6.45, 7) is 5.80. The van der Waals surface area contributed by atoms with Gasteiger partial charge in [-0.2, -0.15) is 13.2 Å². The molecular weight excluding hydrogens is 481 g/mol. The van der Waals surface area contributed by atoms with Gasteiger partial charge in [0.2, 0.25) is 0 Å². The van der Waals surface area contributed by atoms with Crippen LogP contribution in [0.15, 0.2) is 47.9 Å². The minimum Gasteiger partial charge on any atom is -0.493 e. The Morgan fingerprint density at radius 1 is 1.31 bits per heavy atom. The fourth-order valence-corrected chi connectivity index (χ4v) is 4.09. The Balaban J connectivity index is 1.77. The second-order valence-corrected chi connectivity index (χ2v) is 9.62. The molecule has 1 aromatic carbocycles. The number of amides is 1. The van der Waals surface area contributed by atoms with Gasteiger partial charge in [0.25, 0.3) is 5.91 Å². The van der Waals surface area contributed by atoms with Gasteiger partial charge >= 0.3 is 6.18 Å². The standard InChI is InChI=1S/C24H29F3N4O3S/c1-14(2)20-11-31-23(35-20)17-7-16(8-19(9-17)34-13-15-5-6-33-12-15)22(32)30-10-18(28)3-4-21(29)24(25,26)27/h3-4,7-9,11,14-15H,5-6,10,12-13,28-29H2,1-2H3,(H,30,32)/b18-3-,21-4-. The summed E-state index contributed by atoms with van der Waals surface area (Å²) in [6.07, 6.45) is -0.237. The number of carbonyl (C=O) groups excluding carboxylic acids is 1. The molecular formula is C24H29F3N4O3S. The summed E-state index contributed by atoms with van der Waals surface area (Å²) < 4.78 is 48.9. The predicted octanol–water partition coefficient (Wildman–Crippen LogP) is 4.33. The Morgan fingerprint density at radius 2 is 2.09 bits per heavy atom. The summed E-state index contributed by atoms with van der Waals surface area (Å²) >= 11 is 1.54. The molecule has 0 spiro atoms. The highest BCUT2D eigenvalue weighted by molar-refractivity contribution is 7.15. The SMILES string of the molecule is CC(C)c1cnc(-c2cc(OCC3CCOC3)cc(C(=O)NC/C(N)=C/C=C(\N)C(F)(F)F)c2)s1. The lowest BCUT2D eigenvalue weighted by atomic mass is 10.1. The van der Waals surface area contributed by atoms with Crippen molar-refractivity contribution in [1.29, 1.82) is 0 Å². The first kappa shape index (κ1) is 26.6. The van der Waals surface area contributed by atoms with E-state index in [9.17, 15) is 18.0 Å². The molecule has 0 aliphatic carbocycles. The number of carbonyl (C=O) groups is 1. The number of benzene rings is 1. The molecule has 5 N–H and O–H groups in total. The molecule has 2 heterocycles. The van der Waals surface area contributed by atoms with Crippen molar-refractivity contribution in [2.45, 2.75) is 32.4 Å². The maximum atomic E-state index is 12.8. The van der Waals surface area contributed by atoms with E-state index < -0.39 is 17.8 Å². The highest BCUT2D eigenvalue weighted by Crippen LogP contribution is 2.32. The van der Waals surface area contributed by atoms with Crippen molar-refractivity contribution >= 4 is 17.2 Å². The van der Waals surface area contributed by atoms with E-state index in [1.165, 1.54) is 11.3 Å². The number of aromatic nitrogens is 1. The fraction of sp³-hybridized carbons (Fsp3) is 0.417. The van der Waals surface area contributed by atoms with Crippen LogP contribution in [0.4, 0.5) is 13.2 Å². The molecule has 1 aliphatic rings. The summed E-state index contributed by atoms with van der Waals surface area (Å²) in [5.74, 6) is 0.669. The first-order valence-corrected chi connectivity index (χ1v) is 11.9. The highest BCUT2D eigenvalue weighted by atomic mass is 32.1. The molecule has 3 rings (SSSR count). The van der Waals surface area contributed by atoms with E-state index in [-0.39, 0.29) is 18.2 Å². The van der Waals surface area contributed by atoms with Gasteiger partial charge in [-0.1, -0.05) is 13.8 Å². The number of rotatable bonds is 9. The van der Waals surface area contributed by atoms with Gasteiger partial charge in [-0.3, -0.25) is 4.79 Å². The number of allylic oxidation sites excluding steroid dienone is 3. The van der Waals surface area contributed by atoms with Crippen molar-refractivity contribution in [2.75, 3.05) is 26.4 Å². The third kappa shape index (κ3) is 7.72. The second-order valence-electron chi connectivity index (χ2n) is 8.55. The predicted molar refractivity (Wildman–Crippen MR) is 129 cm³/mol. The maximum absolute atomic E-state index is 12.8. The molecule has 190 valence electrons. The van der Waals surface area contributed by atoms with Crippen LogP contribution in [-0.2, 0) is 4.74 Å². The molecule has 1 aliphatic heterocycles. The highest BCUT2D eigenvalue weighted by Gasteiger charge is 2.30. The van der Waals surface area contributed by atoms with Crippen molar-refractivity contribution < 1.29 is 27.4 Å². The van der Waals surface area contributed by atoms with E-state index in [1.54, 1.807) is 12.1 Å². The zero-order valence-electron chi connectivity index (χ0n) is 19.5. The van der Waals surface area contributed by atoms with Crippen LogP contribution in [0, 0.1) is 5.92 Å². The van der Waals surface area contributed by atoms with Gasteiger partial charge in [0.1, 0.15) is 16.5 Å². The lowest BCUT2D eigenvalue weighted by Crippen LogP contribution is -2.28. The van der Waals surface area contributed by atoms with Gasteiger partial charge < -0.3 is 26.3 Å². The summed E-state index contributed by atoms with van der Waals surface area (Å²) in [5.41, 5.74) is 10.5. The largest absolute Gasteiger partial charge is 0.493 e. The van der Waals surface area contributed by atoms with Crippen molar-refractivity contribution in [3.05, 3.63) is 58.4 Å². The first-order chi connectivity index (χ1) is 16.5. The van der Waals surface area contributed by atoms with Crippen LogP contribution < -0.4 is 21.5 Å². The Hall–Kier alpha value is -3.05. The van der Waals surface area contributed by atoms with Crippen LogP contribution in [0.1, 0.15) is 41.4 Å². The molecule has 0 radical (unpaired) electrons. The number of alkyl halides is 3. The van der Waals surface area contributed by atoms with Crippen molar-refractivity contribution in [3.8, 4) is 16.3 Å². The fourth-order valence-electron chi connectivity index (χ4n) is 3.19. The Bertz CT molecular complexity index is 1090. The number of thiazole rings is 1. The zero-order chi connectivity index (χ0) is 25.6. The van der Waals surface area contributed by atoms with Gasteiger partial charge in [0, 0.05) is 40.4 Å². The first-order valence-electron chi connectivity index (χ1n) is 11.1. The Morgan fingerprint density at radius 3 is 2.71 bits per heavy atom. The van der Waals surface area contributed by atoms with E-state index in [0.717, 1.165) is 27.9 Å². The third-order valence-electron chi connectivity index (χ3n) is 5.28. The van der Waals surface area contributed by atoms with Gasteiger partial charge in [-0.05, 0) is 42.7 Å².